The maximum atomic E-state index is 13.3. The monoisotopic (exact) mass is 272 g/mol. The van der Waals surface area contributed by atoms with Crippen LogP contribution in [0.4, 0.5) is 4.39 Å². The highest BCUT2D eigenvalue weighted by Crippen LogP contribution is 2.32. The first-order valence-electron chi connectivity index (χ1n) is 5.85. The summed E-state index contributed by atoms with van der Waals surface area (Å²) in [7, 11) is -2.97. The van der Waals surface area contributed by atoms with Gasteiger partial charge in [0.15, 0.2) is 9.84 Å². The highest BCUT2D eigenvalue weighted by atomic mass is 32.2. The molecule has 0 bridgehead atoms. The van der Waals surface area contributed by atoms with Gasteiger partial charge >= 0.3 is 0 Å². The Morgan fingerprint density at radius 3 is 2.78 bits per heavy atom. The van der Waals surface area contributed by atoms with Crippen LogP contribution in [-0.2, 0) is 9.84 Å². The third-order valence-electron chi connectivity index (χ3n) is 3.49. The number of benzene rings is 1. The zero-order valence-corrected chi connectivity index (χ0v) is 11.0. The van der Waals surface area contributed by atoms with E-state index in [1.54, 1.807) is 6.07 Å². The van der Waals surface area contributed by atoms with Crippen LogP contribution in [-0.4, -0.2) is 19.9 Å². The van der Waals surface area contributed by atoms with Gasteiger partial charge in [-0.2, -0.15) is 0 Å². The molecule has 4 nitrogen and oxygen atoms in total. The average molecular weight is 272 g/mol. The molecule has 0 aliphatic carbocycles. The maximum Gasteiger partial charge on any atom is 0.150 e. The van der Waals surface area contributed by atoms with Crippen LogP contribution in [0.5, 0.6) is 0 Å². The Balaban J connectivity index is 2.31. The summed E-state index contributed by atoms with van der Waals surface area (Å²) in [6.07, 6.45) is 0.563. The summed E-state index contributed by atoms with van der Waals surface area (Å²) < 4.78 is 36.3. The van der Waals surface area contributed by atoms with Gasteiger partial charge in [0.2, 0.25) is 0 Å². The van der Waals surface area contributed by atoms with Gasteiger partial charge in [-0.3, -0.25) is 11.3 Å². The second-order valence-corrected chi connectivity index (χ2v) is 7.04. The fourth-order valence-corrected chi connectivity index (χ4v) is 4.35. The second kappa shape index (κ2) is 4.95. The van der Waals surface area contributed by atoms with Crippen molar-refractivity contribution in [1.29, 1.82) is 0 Å². The van der Waals surface area contributed by atoms with Gasteiger partial charge in [-0.15, -0.1) is 0 Å². The van der Waals surface area contributed by atoms with Crippen molar-refractivity contribution in [3.05, 3.63) is 35.1 Å². The van der Waals surface area contributed by atoms with Gasteiger partial charge in [-0.25, -0.2) is 12.8 Å². The minimum atomic E-state index is -2.97. The first kappa shape index (κ1) is 13.5. The summed E-state index contributed by atoms with van der Waals surface area (Å²) in [5, 5.41) is 0. The molecule has 2 rings (SSSR count). The molecule has 0 amide bonds. The average Bonchev–Trinajstić information content (AvgIpc) is 2.65. The smallest absolute Gasteiger partial charge is 0.150 e. The van der Waals surface area contributed by atoms with Crippen LogP contribution < -0.4 is 11.3 Å². The number of hydrazine groups is 1. The number of halogens is 1. The van der Waals surface area contributed by atoms with Crippen LogP contribution in [0.1, 0.15) is 23.6 Å². The molecule has 100 valence electrons. The van der Waals surface area contributed by atoms with Gasteiger partial charge < -0.3 is 0 Å². The molecule has 0 radical (unpaired) electrons. The molecule has 0 saturated carbocycles. The minimum Gasteiger partial charge on any atom is -0.271 e. The zero-order valence-electron chi connectivity index (χ0n) is 10.2. The molecule has 6 heteroatoms. The van der Waals surface area contributed by atoms with E-state index in [4.69, 9.17) is 5.84 Å². The van der Waals surface area contributed by atoms with Gasteiger partial charge in [0.05, 0.1) is 17.5 Å². The number of rotatable bonds is 3. The lowest BCUT2D eigenvalue weighted by molar-refractivity contribution is 0.396. The Bertz CT molecular complexity index is 545. The van der Waals surface area contributed by atoms with Gasteiger partial charge in [0.1, 0.15) is 5.82 Å². The van der Waals surface area contributed by atoms with Crippen molar-refractivity contribution in [2.24, 2.45) is 11.8 Å². The Morgan fingerprint density at radius 1 is 1.50 bits per heavy atom. The number of sulfone groups is 1. The normalized spacial score (nSPS) is 24.1. The largest absolute Gasteiger partial charge is 0.271 e. The van der Waals surface area contributed by atoms with Crippen LogP contribution in [0.3, 0.4) is 0 Å². The van der Waals surface area contributed by atoms with Crippen molar-refractivity contribution in [3.8, 4) is 0 Å². The number of nitrogens with two attached hydrogens (primary N) is 1. The van der Waals surface area contributed by atoms with E-state index in [9.17, 15) is 12.8 Å². The Morgan fingerprint density at radius 2 is 2.22 bits per heavy atom. The van der Waals surface area contributed by atoms with Crippen molar-refractivity contribution in [1.82, 2.24) is 5.43 Å². The number of aryl methyl sites for hydroxylation is 1. The molecule has 2 atom stereocenters. The zero-order chi connectivity index (χ0) is 13.3. The Labute approximate surface area is 106 Å². The van der Waals surface area contributed by atoms with Gasteiger partial charge in [0, 0.05) is 0 Å². The lowest BCUT2D eigenvalue weighted by atomic mass is 9.90. The molecule has 1 heterocycles. The van der Waals surface area contributed by atoms with E-state index in [-0.39, 0.29) is 29.3 Å². The molecule has 0 aromatic heterocycles. The van der Waals surface area contributed by atoms with E-state index in [0.717, 1.165) is 11.1 Å². The molecule has 1 aromatic rings. The molecule has 1 fully saturated rings. The third kappa shape index (κ3) is 2.71. The van der Waals surface area contributed by atoms with Crippen molar-refractivity contribution >= 4 is 9.84 Å². The van der Waals surface area contributed by atoms with Crippen molar-refractivity contribution in [3.63, 3.8) is 0 Å². The lowest BCUT2D eigenvalue weighted by Crippen LogP contribution is -2.34. The molecule has 2 unspecified atom stereocenters. The Kier molecular flexibility index (Phi) is 3.70. The van der Waals surface area contributed by atoms with E-state index in [1.807, 2.05) is 6.92 Å². The van der Waals surface area contributed by atoms with Gasteiger partial charge in [0.25, 0.3) is 0 Å². The molecule has 3 N–H and O–H groups in total. The molecule has 1 aliphatic heterocycles. The first-order chi connectivity index (χ1) is 8.43. The highest BCUT2D eigenvalue weighted by molar-refractivity contribution is 7.91. The molecule has 1 aromatic carbocycles. The van der Waals surface area contributed by atoms with Crippen LogP contribution >= 0.6 is 0 Å². The fourth-order valence-electron chi connectivity index (χ4n) is 2.51. The molecule has 1 saturated heterocycles. The predicted molar refractivity (Wildman–Crippen MR) is 68.0 cm³/mol. The topological polar surface area (TPSA) is 72.2 Å². The van der Waals surface area contributed by atoms with Crippen LogP contribution in [0.15, 0.2) is 18.2 Å². The summed E-state index contributed by atoms with van der Waals surface area (Å²) in [5.74, 6) is 5.39. The SMILES string of the molecule is Cc1ccc(F)cc1C(NN)C1CCS(=O)(=O)C1. The number of hydrogen-bond acceptors (Lipinski definition) is 4. The first-order valence-corrected chi connectivity index (χ1v) is 7.67. The highest BCUT2D eigenvalue weighted by Gasteiger charge is 2.34. The summed E-state index contributed by atoms with van der Waals surface area (Å²) >= 11 is 0. The fraction of sp³-hybridized carbons (Fsp3) is 0.500. The molecular formula is C12H17FN2O2S. The quantitative estimate of drug-likeness (QED) is 0.638. The van der Waals surface area contributed by atoms with E-state index in [0.29, 0.717) is 6.42 Å². The number of nitrogens with one attached hydrogen (secondary N) is 1. The van der Waals surface area contributed by atoms with E-state index < -0.39 is 9.84 Å². The summed E-state index contributed by atoms with van der Waals surface area (Å²) in [6.45, 7) is 1.86. The minimum absolute atomic E-state index is 0.0968. The summed E-state index contributed by atoms with van der Waals surface area (Å²) in [4.78, 5) is 0. The van der Waals surface area contributed by atoms with Crippen molar-refractivity contribution in [2.45, 2.75) is 19.4 Å². The van der Waals surface area contributed by atoms with Crippen molar-refractivity contribution < 1.29 is 12.8 Å². The van der Waals surface area contributed by atoms with E-state index >= 15 is 0 Å². The Hall–Kier alpha value is -0.980. The van der Waals surface area contributed by atoms with Gasteiger partial charge in [-0.1, -0.05) is 6.07 Å². The molecule has 0 spiro atoms. The molecule has 18 heavy (non-hydrogen) atoms. The predicted octanol–water partition coefficient (Wildman–Crippen LogP) is 1.07. The summed E-state index contributed by atoms with van der Waals surface area (Å²) in [6, 6.07) is 4.17. The van der Waals surface area contributed by atoms with Crippen LogP contribution in [0.25, 0.3) is 0 Å². The number of hydrogen-bond donors (Lipinski definition) is 2. The lowest BCUT2D eigenvalue weighted by Gasteiger charge is -2.23. The molecule has 1 aliphatic rings. The van der Waals surface area contributed by atoms with Crippen LogP contribution in [0.2, 0.25) is 0 Å². The molecular weight excluding hydrogens is 255 g/mol. The van der Waals surface area contributed by atoms with Gasteiger partial charge in [-0.05, 0) is 42.5 Å². The van der Waals surface area contributed by atoms with Crippen LogP contribution in [0, 0.1) is 18.7 Å². The maximum absolute atomic E-state index is 13.3. The summed E-state index contributed by atoms with van der Waals surface area (Å²) in [5.41, 5.74) is 4.28. The van der Waals surface area contributed by atoms with E-state index in [1.165, 1.54) is 12.1 Å². The van der Waals surface area contributed by atoms with E-state index in [2.05, 4.69) is 5.43 Å². The second-order valence-electron chi connectivity index (χ2n) is 4.81. The third-order valence-corrected chi connectivity index (χ3v) is 5.29. The van der Waals surface area contributed by atoms with Crippen molar-refractivity contribution in [2.75, 3.05) is 11.5 Å². The standard InChI is InChI=1S/C12H17FN2O2S/c1-8-2-3-10(13)6-11(8)12(15-14)9-4-5-18(16,17)7-9/h2-3,6,9,12,15H,4-5,7,14H2,1H3.